The highest BCUT2D eigenvalue weighted by Crippen LogP contribution is 2.34. The average Bonchev–Trinajstić information content (AvgIpc) is 3.13. The van der Waals surface area contributed by atoms with E-state index in [0.717, 1.165) is 21.9 Å². The van der Waals surface area contributed by atoms with E-state index in [9.17, 15) is 9.59 Å². The number of ether oxygens (including phenoxy) is 1. The lowest BCUT2D eigenvalue weighted by Gasteiger charge is -2.28. The van der Waals surface area contributed by atoms with Gasteiger partial charge in [0.25, 0.3) is 5.91 Å². The van der Waals surface area contributed by atoms with Crippen LogP contribution in [0, 0.1) is 6.92 Å². The Morgan fingerprint density at radius 2 is 1.89 bits per heavy atom. The third-order valence-corrected chi connectivity index (χ3v) is 5.51. The molecule has 7 heteroatoms. The Morgan fingerprint density at radius 3 is 2.71 bits per heavy atom. The van der Waals surface area contributed by atoms with Gasteiger partial charge in [0.2, 0.25) is 0 Å². The second kappa shape index (κ2) is 7.90. The van der Waals surface area contributed by atoms with Crippen LogP contribution in [0.25, 0.3) is 11.3 Å². The van der Waals surface area contributed by atoms with Crippen molar-refractivity contribution >= 4 is 29.3 Å². The molecule has 0 saturated carbocycles. The van der Waals surface area contributed by atoms with Crippen molar-refractivity contribution < 1.29 is 18.8 Å². The van der Waals surface area contributed by atoms with E-state index in [1.165, 1.54) is 0 Å². The molecule has 28 heavy (non-hydrogen) atoms. The van der Waals surface area contributed by atoms with Gasteiger partial charge in [0, 0.05) is 22.8 Å². The molecule has 0 bridgehead atoms. The Bertz CT molecular complexity index is 1020. The van der Waals surface area contributed by atoms with E-state index in [1.54, 1.807) is 23.6 Å². The zero-order chi connectivity index (χ0) is 19.5. The Kier molecular flexibility index (Phi) is 5.16. The lowest BCUT2D eigenvalue weighted by Crippen LogP contribution is -2.38. The van der Waals surface area contributed by atoms with Gasteiger partial charge in [-0.05, 0) is 19.1 Å². The van der Waals surface area contributed by atoms with Gasteiger partial charge in [-0.25, -0.2) is 4.79 Å². The van der Waals surface area contributed by atoms with E-state index >= 15 is 0 Å². The summed E-state index contributed by atoms with van der Waals surface area (Å²) < 4.78 is 10.5. The molecule has 2 aromatic carbocycles. The van der Waals surface area contributed by atoms with Crippen LogP contribution in [0.2, 0.25) is 0 Å². The maximum absolute atomic E-state index is 12.7. The summed E-state index contributed by atoms with van der Waals surface area (Å²) in [5.41, 5.74) is 2.26. The molecule has 3 aromatic rings. The maximum Gasteiger partial charge on any atom is 0.344 e. The highest BCUT2D eigenvalue weighted by Gasteiger charge is 2.26. The number of aromatic nitrogens is 1. The van der Waals surface area contributed by atoms with Gasteiger partial charge in [-0.2, -0.15) is 0 Å². The van der Waals surface area contributed by atoms with E-state index in [0.29, 0.717) is 18.0 Å². The molecule has 142 valence electrons. The summed E-state index contributed by atoms with van der Waals surface area (Å²) in [5, 5.41) is 3.98. The number of carbonyl (C=O) groups excluding carboxylic acids is 2. The fourth-order valence-corrected chi connectivity index (χ4v) is 4.11. The molecule has 2 heterocycles. The van der Waals surface area contributed by atoms with Crippen molar-refractivity contribution in [3.8, 4) is 11.3 Å². The second-order valence-corrected chi connectivity index (χ2v) is 7.40. The predicted octanol–water partition coefficient (Wildman–Crippen LogP) is 3.95. The van der Waals surface area contributed by atoms with Gasteiger partial charge >= 0.3 is 5.97 Å². The normalized spacial score (nSPS) is 13.1. The molecule has 1 aliphatic rings. The highest BCUT2D eigenvalue weighted by atomic mass is 32.2. The number of thioether (sulfide) groups is 1. The first-order valence-corrected chi connectivity index (χ1v) is 9.84. The number of aryl methyl sites for hydroxylation is 1. The van der Waals surface area contributed by atoms with Crippen LogP contribution in [0.3, 0.4) is 0 Å². The van der Waals surface area contributed by atoms with Gasteiger partial charge in [0.1, 0.15) is 17.0 Å². The fourth-order valence-electron chi connectivity index (χ4n) is 3.11. The number of hydrogen-bond acceptors (Lipinski definition) is 6. The molecule has 0 radical (unpaired) electrons. The number of para-hydroxylation sites is 1. The number of anilines is 1. The molecular weight excluding hydrogens is 376 g/mol. The molecule has 0 fully saturated rings. The minimum Gasteiger partial charge on any atom is -0.452 e. The monoisotopic (exact) mass is 394 g/mol. The Balaban J connectivity index is 1.49. The van der Waals surface area contributed by atoms with Crippen LogP contribution in [0.1, 0.15) is 16.1 Å². The van der Waals surface area contributed by atoms with Crippen LogP contribution in [-0.4, -0.2) is 35.9 Å². The van der Waals surface area contributed by atoms with Crippen molar-refractivity contribution in [2.24, 2.45) is 0 Å². The number of rotatable bonds is 4. The number of hydrogen-bond donors (Lipinski definition) is 0. The number of nitrogens with zero attached hydrogens (tertiary/aromatic N) is 2. The van der Waals surface area contributed by atoms with Crippen LogP contribution < -0.4 is 4.90 Å². The molecular formula is C21H18N2O4S. The van der Waals surface area contributed by atoms with E-state index in [2.05, 4.69) is 5.16 Å². The first kappa shape index (κ1) is 18.3. The van der Waals surface area contributed by atoms with Crippen molar-refractivity contribution in [3.05, 3.63) is 65.9 Å². The molecule has 4 rings (SSSR count). The van der Waals surface area contributed by atoms with Crippen molar-refractivity contribution in [3.63, 3.8) is 0 Å². The van der Waals surface area contributed by atoms with Crippen molar-refractivity contribution in [2.75, 3.05) is 23.8 Å². The van der Waals surface area contributed by atoms with Crippen molar-refractivity contribution in [1.29, 1.82) is 0 Å². The molecule has 0 spiro atoms. The van der Waals surface area contributed by atoms with E-state index in [1.807, 2.05) is 54.6 Å². The average molecular weight is 394 g/mol. The lowest BCUT2D eigenvalue weighted by atomic mass is 10.1. The van der Waals surface area contributed by atoms with E-state index < -0.39 is 5.97 Å². The quantitative estimate of drug-likeness (QED) is 0.624. The zero-order valence-corrected chi connectivity index (χ0v) is 16.1. The summed E-state index contributed by atoms with van der Waals surface area (Å²) in [6.07, 6.45) is 0. The number of esters is 1. The number of amides is 1. The van der Waals surface area contributed by atoms with Crippen LogP contribution in [0.5, 0.6) is 0 Å². The molecule has 6 nitrogen and oxygen atoms in total. The number of carbonyl (C=O) groups is 2. The maximum atomic E-state index is 12.7. The molecule has 1 aromatic heterocycles. The lowest BCUT2D eigenvalue weighted by molar-refractivity contribution is -0.121. The summed E-state index contributed by atoms with van der Waals surface area (Å²) in [7, 11) is 0. The summed E-state index contributed by atoms with van der Waals surface area (Å²) in [4.78, 5) is 28.0. The van der Waals surface area contributed by atoms with Crippen LogP contribution in [0.15, 0.2) is 64.0 Å². The molecule has 0 atom stereocenters. The minimum absolute atomic E-state index is 0.244. The molecule has 1 aliphatic heterocycles. The first-order valence-electron chi connectivity index (χ1n) is 8.86. The fraction of sp³-hybridized carbons (Fsp3) is 0.190. The third kappa shape index (κ3) is 3.53. The van der Waals surface area contributed by atoms with Crippen LogP contribution >= 0.6 is 11.8 Å². The molecule has 0 N–H and O–H groups in total. The molecule has 1 amide bonds. The second-order valence-electron chi connectivity index (χ2n) is 6.27. The molecule has 0 saturated heterocycles. The van der Waals surface area contributed by atoms with E-state index in [-0.39, 0.29) is 18.1 Å². The summed E-state index contributed by atoms with van der Waals surface area (Å²) in [6, 6.07) is 17.0. The van der Waals surface area contributed by atoms with Gasteiger partial charge in [-0.3, -0.25) is 4.79 Å². The Hall–Kier alpha value is -3.06. The van der Waals surface area contributed by atoms with Gasteiger partial charge in [0.15, 0.2) is 6.61 Å². The molecule has 0 unspecified atom stereocenters. The topological polar surface area (TPSA) is 72.6 Å². The smallest absolute Gasteiger partial charge is 0.344 e. The zero-order valence-electron chi connectivity index (χ0n) is 15.3. The number of fused-ring (bicyclic) bond motifs is 1. The van der Waals surface area contributed by atoms with E-state index in [4.69, 9.17) is 9.26 Å². The third-order valence-electron chi connectivity index (χ3n) is 4.47. The summed E-state index contributed by atoms with van der Waals surface area (Å²) in [5.74, 6) is 0.290. The largest absolute Gasteiger partial charge is 0.452 e. The molecule has 0 aliphatic carbocycles. The van der Waals surface area contributed by atoms with Crippen molar-refractivity contribution in [2.45, 2.75) is 11.8 Å². The van der Waals surface area contributed by atoms with Gasteiger partial charge in [-0.15, -0.1) is 11.8 Å². The van der Waals surface area contributed by atoms with Gasteiger partial charge in [-0.1, -0.05) is 47.6 Å². The Labute approximate surface area is 166 Å². The highest BCUT2D eigenvalue weighted by molar-refractivity contribution is 7.99. The summed E-state index contributed by atoms with van der Waals surface area (Å²) in [6.45, 7) is 1.90. The van der Waals surface area contributed by atoms with Crippen LogP contribution in [-0.2, 0) is 9.53 Å². The standard InChI is InChI=1S/C21H18N2O4S/c1-14-19(20(22-27-14)15-7-3-2-4-8-15)21(25)26-13-18(24)23-11-12-28-17-10-6-5-9-16(17)23/h2-10H,11-13H2,1H3. The van der Waals surface area contributed by atoms with Crippen LogP contribution in [0.4, 0.5) is 5.69 Å². The number of benzene rings is 2. The van der Waals surface area contributed by atoms with Crippen molar-refractivity contribution in [1.82, 2.24) is 5.16 Å². The SMILES string of the molecule is Cc1onc(-c2ccccc2)c1C(=O)OCC(=O)N1CCSc2ccccc21. The minimum atomic E-state index is -0.620. The summed E-state index contributed by atoms with van der Waals surface area (Å²) >= 11 is 1.71. The van der Waals surface area contributed by atoms with Gasteiger partial charge < -0.3 is 14.2 Å². The van der Waals surface area contributed by atoms with Gasteiger partial charge in [0.05, 0.1) is 5.69 Å². The predicted molar refractivity (Wildman–Crippen MR) is 106 cm³/mol. The first-order chi connectivity index (χ1) is 13.6. The Morgan fingerprint density at radius 1 is 1.14 bits per heavy atom.